The topological polar surface area (TPSA) is 59.9 Å². The van der Waals surface area contributed by atoms with Crippen molar-refractivity contribution >= 4 is 11.9 Å². The molecule has 0 unspecified atom stereocenters. The molecule has 1 aromatic carbocycles. The molecule has 0 saturated carbocycles. The Bertz CT molecular complexity index is 748. The molecule has 29 heavy (non-hydrogen) atoms. The molecule has 1 N–H and O–H groups in total. The molecule has 7 nitrogen and oxygen atoms in total. The molecule has 1 fully saturated rings. The van der Waals surface area contributed by atoms with Gasteiger partial charge in [-0.15, -0.1) is 0 Å². The molecule has 7 heteroatoms. The molecule has 1 aliphatic heterocycles. The number of guanidine groups is 1. The van der Waals surface area contributed by atoms with Crippen LogP contribution in [0.4, 0.5) is 5.95 Å². The van der Waals surface area contributed by atoms with Crippen LogP contribution < -0.4 is 10.2 Å². The van der Waals surface area contributed by atoms with Gasteiger partial charge >= 0.3 is 0 Å². The van der Waals surface area contributed by atoms with E-state index >= 15 is 0 Å². The lowest BCUT2D eigenvalue weighted by Gasteiger charge is -2.36. The van der Waals surface area contributed by atoms with Crippen LogP contribution in [0.1, 0.15) is 25.0 Å². The molecule has 1 aromatic heterocycles. The zero-order valence-electron chi connectivity index (χ0n) is 17.9. The molecule has 2 heterocycles. The summed E-state index contributed by atoms with van der Waals surface area (Å²) in [5.41, 5.74) is 2.63. The van der Waals surface area contributed by atoms with Crippen LogP contribution in [0.2, 0.25) is 0 Å². The van der Waals surface area contributed by atoms with Crippen LogP contribution in [-0.2, 0) is 13.1 Å². The summed E-state index contributed by atoms with van der Waals surface area (Å²) < 4.78 is 0. The highest BCUT2D eigenvalue weighted by Crippen LogP contribution is 2.11. The summed E-state index contributed by atoms with van der Waals surface area (Å²) in [4.78, 5) is 20.1. The summed E-state index contributed by atoms with van der Waals surface area (Å²) in [6.07, 6.45) is 3.59. The summed E-state index contributed by atoms with van der Waals surface area (Å²) in [6, 6.07) is 10.7. The third-order valence-electron chi connectivity index (χ3n) is 5.40. The highest BCUT2D eigenvalue weighted by Gasteiger charge is 2.20. The Morgan fingerprint density at radius 3 is 2.21 bits per heavy atom. The van der Waals surface area contributed by atoms with Crippen molar-refractivity contribution in [2.24, 2.45) is 4.99 Å². The number of aromatic nitrogens is 2. The number of nitrogens with zero attached hydrogens (tertiary/aromatic N) is 6. The molecule has 0 amide bonds. The highest BCUT2D eigenvalue weighted by atomic mass is 15.4. The summed E-state index contributed by atoms with van der Waals surface area (Å²) in [5, 5.41) is 3.51. The maximum Gasteiger partial charge on any atom is 0.225 e. The zero-order valence-corrected chi connectivity index (χ0v) is 17.9. The quantitative estimate of drug-likeness (QED) is 0.573. The van der Waals surface area contributed by atoms with E-state index in [4.69, 9.17) is 0 Å². The average Bonchev–Trinajstić information content (AvgIpc) is 2.80. The molecular formula is C22H33N7. The van der Waals surface area contributed by atoms with Crippen molar-refractivity contribution in [3.8, 4) is 0 Å². The number of aliphatic imine (C=N–C) groups is 1. The third kappa shape index (κ3) is 5.90. The van der Waals surface area contributed by atoms with Crippen molar-refractivity contribution < 1.29 is 0 Å². The Balaban J connectivity index is 1.48. The number of anilines is 1. The van der Waals surface area contributed by atoms with E-state index in [1.807, 2.05) is 13.1 Å². The largest absolute Gasteiger partial charge is 0.352 e. The number of piperazine rings is 1. The third-order valence-corrected chi connectivity index (χ3v) is 5.40. The van der Waals surface area contributed by atoms with Gasteiger partial charge in [0.25, 0.3) is 0 Å². The van der Waals surface area contributed by atoms with Gasteiger partial charge in [-0.1, -0.05) is 38.1 Å². The minimum Gasteiger partial charge on any atom is -0.352 e. The molecule has 0 bridgehead atoms. The lowest BCUT2D eigenvalue weighted by molar-refractivity contribution is 0.296. The number of hydrogen-bond donors (Lipinski definition) is 1. The first-order chi connectivity index (χ1) is 14.2. The van der Waals surface area contributed by atoms with E-state index in [9.17, 15) is 0 Å². The Morgan fingerprint density at radius 1 is 1.00 bits per heavy atom. The molecule has 0 aliphatic carbocycles. The van der Waals surface area contributed by atoms with Gasteiger partial charge in [0.05, 0.1) is 0 Å². The lowest BCUT2D eigenvalue weighted by Crippen LogP contribution is -2.52. The molecule has 156 valence electrons. The Kier molecular flexibility index (Phi) is 7.81. The minimum absolute atomic E-state index is 0.778. The van der Waals surface area contributed by atoms with E-state index in [-0.39, 0.29) is 0 Å². The van der Waals surface area contributed by atoms with E-state index in [0.717, 1.165) is 64.3 Å². The molecule has 0 spiro atoms. The predicted molar refractivity (Wildman–Crippen MR) is 119 cm³/mol. The fourth-order valence-electron chi connectivity index (χ4n) is 3.55. The molecule has 1 saturated heterocycles. The van der Waals surface area contributed by atoms with Crippen LogP contribution >= 0.6 is 0 Å². The molecule has 3 rings (SSSR count). The summed E-state index contributed by atoms with van der Waals surface area (Å²) in [6.45, 7) is 12.0. The molecular weight excluding hydrogens is 362 g/mol. The van der Waals surface area contributed by atoms with Crippen molar-refractivity contribution in [2.45, 2.75) is 26.9 Å². The van der Waals surface area contributed by atoms with E-state index in [2.05, 4.69) is 73.1 Å². The SMILES string of the molecule is CCN(CC)Cc1ccc(CNC(=NC)N2CCN(c3ncccn3)CC2)cc1. The molecule has 0 radical (unpaired) electrons. The number of hydrogen-bond acceptors (Lipinski definition) is 5. The van der Waals surface area contributed by atoms with Crippen LogP contribution in [0.3, 0.4) is 0 Å². The van der Waals surface area contributed by atoms with Gasteiger partial charge in [0.15, 0.2) is 5.96 Å². The normalized spacial score (nSPS) is 15.1. The minimum atomic E-state index is 0.778. The second-order valence-electron chi connectivity index (χ2n) is 7.20. The van der Waals surface area contributed by atoms with Crippen molar-refractivity contribution in [3.63, 3.8) is 0 Å². The van der Waals surface area contributed by atoms with Crippen LogP contribution in [0, 0.1) is 0 Å². The molecule has 0 atom stereocenters. The first-order valence-electron chi connectivity index (χ1n) is 10.5. The van der Waals surface area contributed by atoms with E-state index < -0.39 is 0 Å². The highest BCUT2D eigenvalue weighted by molar-refractivity contribution is 5.80. The first-order valence-corrected chi connectivity index (χ1v) is 10.5. The molecule has 2 aromatic rings. The number of rotatable bonds is 7. The maximum absolute atomic E-state index is 4.48. The van der Waals surface area contributed by atoms with Gasteiger partial charge in [0.1, 0.15) is 0 Å². The summed E-state index contributed by atoms with van der Waals surface area (Å²) >= 11 is 0. The lowest BCUT2D eigenvalue weighted by atomic mass is 10.1. The van der Waals surface area contributed by atoms with Gasteiger partial charge in [-0.2, -0.15) is 0 Å². The van der Waals surface area contributed by atoms with Crippen LogP contribution in [-0.4, -0.2) is 72.0 Å². The van der Waals surface area contributed by atoms with Gasteiger partial charge in [-0.05, 0) is 30.3 Å². The standard InChI is InChI=1S/C22H33N7/c1-4-27(5-2)18-20-9-7-19(8-10-20)17-26-21(23-3)28-13-15-29(16-14-28)22-24-11-6-12-25-22/h6-12H,4-5,13-18H2,1-3H3,(H,23,26). The Hall–Kier alpha value is -2.67. The fourth-order valence-corrected chi connectivity index (χ4v) is 3.55. The van der Waals surface area contributed by atoms with Gasteiger partial charge in [-0.25, -0.2) is 9.97 Å². The fraction of sp³-hybridized carbons (Fsp3) is 0.500. The Morgan fingerprint density at radius 2 is 1.62 bits per heavy atom. The predicted octanol–water partition coefficient (Wildman–Crippen LogP) is 2.22. The van der Waals surface area contributed by atoms with Gasteiger partial charge in [0.2, 0.25) is 5.95 Å². The van der Waals surface area contributed by atoms with Crippen LogP contribution in [0.15, 0.2) is 47.7 Å². The number of benzene rings is 1. The second kappa shape index (κ2) is 10.8. The number of nitrogens with one attached hydrogen (secondary N) is 1. The van der Waals surface area contributed by atoms with Gasteiger partial charge in [-0.3, -0.25) is 9.89 Å². The van der Waals surface area contributed by atoms with Crippen molar-refractivity contribution in [1.29, 1.82) is 0 Å². The molecule has 1 aliphatic rings. The average molecular weight is 396 g/mol. The van der Waals surface area contributed by atoms with Crippen LogP contribution in [0.25, 0.3) is 0 Å². The summed E-state index contributed by atoms with van der Waals surface area (Å²) in [7, 11) is 1.85. The monoisotopic (exact) mass is 395 g/mol. The Labute approximate surface area is 174 Å². The van der Waals surface area contributed by atoms with Crippen molar-refractivity contribution in [3.05, 3.63) is 53.9 Å². The van der Waals surface area contributed by atoms with Crippen molar-refractivity contribution in [2.75, 3.05) is 51.2 Å². The van der Waals surface area contributed by atoms with Crippen molar-refractivity contribution in [1.82, 2.24) is 25.1 Å². The van der Waals surface area contributed by atoms with E-state index in [0.29, 0.717) is 0 Å². The first kappa shape index (κ1) is 21.0. The van der Waals surface area contributed by atoms with Gasteiger partial charge < -0.3 is 15.1 Å². The van der Waals surface area contributed by atoms with Gasteiger partial charge in [0, 0.05) is 58.7 Å². The van der Waals surface area contributed by atoms with E-state index in [1.165, 1.54) is 11.1 Å². The van der Waals surface area contributed by atoms with Crippen LogP contribution in [0.5, 0.6) is 0 Å². The summed E-state index contributed by atoms with van der Waals surface area (Å²) in [5.74, 6) is 1.76. The smallest absolute Gasteiger partial charge is 0.225 e. The second-order valence-corrected chi connectivity index (χ2v) is 7.20. The van der Waals surface area contributed by atoms with E-state index in [1.54, 1.807) is 12.4 Å². The maximum atomic E-state index is 4.48. The zero-order chi connectivity index (χ0) is 20.5.